The Kier molecular flexibility index (Phi) is 4.64. The third-order valence-corrected chi connectivity index (χ3v) is 4.19. The molecule has 0 saturated carbocycles. The Bertz CT molecular complexity index is 739. The van der Waals surface area contributed by atoms with E-state index in [1.807, 2.05) is 30.3 Å². The lowest BCUT2D eigenvalue weighted by molar-refractivity contribution is -0.124. The van der Waals surface area contributed by atoms with Crippen molar-refractivity contribution in [1.29, 1.82) is 0 Å². The molecule has 24 heavy (non-hydrogen) atoms. The molecule has 1 aliphatic rings. The van der Waals surface area contributed by atoms with Crippen molar-refractivity contribution < 1.29 is 14.0 Å². The average molecular weight is 327 g/mol. The van der Waals surface area contributed by atoms with Crippen molar-refractivity contribution in [3.8, 4) is 0 Å². The molecule has 2 aromatic rings. The molecule has 1 aliphatic heterocycles. The van der Waals surface area contributed by atoms with Crippen molar-refractivity contribution in [3.05, 3.63) is 53.2 Å². The normalized spacial score (nSPS) is 18.2. The summed E-state index contributed by atoms with van der Waals surface area (Å²) in [5, 5.41) is 2.89. The van der Waals surface area contributed by atoms with Crippen LogP contribution in [0.1, 0.15) is 34.1 Å². The van der Waals surface area contributed by atoms with E-state index in [-0.39, 0.29) is 11.8 Å². The maximum Gasteiger partial charge on any atom is 0.276 e. The molecule has 126 valence electrons. The van der Waals surface area contributed by atoms with E-state index in [4.69, 9.17) is 4.42 Å². The van der Waals surface area contributed by atoms with Crippen LogP contribution in [0.25, 0.3) is 0 Å². The van der Waals surface area contributed by atoms with Crippen molar-refractivity contribution in [2.45, 2.75) is 32.7 Å². The smallest absolute Gasteiger partial charge is 0.276 e. The third-order valence-electron chi connectivity index (χ3n) is 4.19. The molecule has 0 aliphatic carbocycles. The van der Waals surface area contributed by atoms with Gasteiger partial charge in [-0.3, -0.25) is 9.59 Å². The Morgan fingerprint density at radius 3 is 2.75 bits per heavy atom. The van der Waals surface area contributed by atoms with Crippen molar-refractivity contribution in [3.63, 3.8) is 0 Å². The molecule has 1 aromatic carbocycles. The van der Waals surface area contributed by atoms with Gasteiger partial charge >= 0.3 is 0 Å². The first-order chi connectivity index (χ1) is 11.6. The monoisotopic (exact) mass is 327 g/mol. The first-order valence-corrected chi connectivity index (χ1v) is 8.13. The second-order valence-corrected chi connectivity index (χ2v) is 5.99. The predicted molar refractivity (Wildman–Crippen MR) is 88.6 cm³/mol. The molecule has 1 saturated heterocycles. The molecule has 0 spiro atoms. The van der Waals surface area contributed by atoms with Gasteiger partial charge in [-0.25, -0.2) is 4.98 Å². The van der Waals surface area contributed by atoms with Crippen molar-refractivity contribution in [1.82, 2.24) is 15.2 Å². The standard InChI is InChI=1S/C18H21N3O3/c1-12-16(20-13(2)24-12)18(23)21-10-6-9-19-17(22)15(21)11-14-7-4-3-5-8-14/h3-5,7-8,15H,6,9-11H2,1-2H3,(H,19,22). The Morgan fingerprint density at radius 1 is 1.33 bits per heavy atom. The van der Waals surface area contributed by atoms with Gasteiger partial charge in [0.05, 0.1) is 0 Å². The molecule has 0 bridgehead atoms. The number of carbonyl (C=O) groups is 2. The Labute approximate surface area is 140 Å². The number of nitrogens with one attached hydrogen (secondary N) is 1. The summed E-state index contributed by atoms with van der Waals surface area (Å²) in [5.41, 5.74) is 1.31. The van der Waals surface area contributed by atoms with Crippen LogP contribution in [0, 0.1) is 13.8 Å². The lowest BCUT2D eigenvalue weighted by Gasteiger charge is -2.28. The largest absolute Gasteiger partial charge is 0.445 e. The van der Waals surface area contributed by atoms with Gasteiger partial charge in [-0.05, 0) is 18.9 Å². The third kappa shape index (κ3) is 3.32. The zero-order chi connectivity index (χ0) is 17.1. The quantitative estimate of drug-likeness (QED) is 0.934. The Morgan fingerprint density at radius 2 is 2.08 bits per heavy atom. The molecular formula is C18H21N3O3. The van der Waals surface area contributed by atoms with Gasteiger partial charge in [0.25, 0.3) is 5.91 Å². The van der Waals surface area contributed by atoms with Crippen molar-refractivity contribution in [2.24, 2.45) is 0 Å². The van der Waals surface area contributed by atoms with Gasteiger partial charge in [0.2, 0.25) is 5.91 Å². The number of benzene rings is 1. The number of nitrogens with zero attached hydrogens (tertiary/aromatic N) is 2. The molecule has 3 rings (SSSR count). The molecule has 1 unspecified atom stereocenters. The number of hydrogen-bond acceptors (Lipinski definition) is 4. The minimum absolute atomic E-state index is 0.123. The first kappa shape index (κ1) is 16.2. The molecule has 1 fully saturated rings. The van der Waals surface area contributed by atoms with Crippen LogP contribution >= 0.6 is 0 Å². The maximum absolute atomic E-state index is 13.0. The van der Waals surface area contributed by atoms with Gasteiger partial charge in [0, 0.05) is 26.4 Å². The molecule has 2 amide bonds. The average Bonchev–Trinajstić information content (AvgIpc) is 2.81. The summed E-state index contributed by atoms with van der Waals surface area (Å²) in [4.78, 5) is 31.3. The van der Waals surface area contributed by atoms with Gasteiger partial charge in [0.15, 0.2) is 11.6 Å². The van der Waals surface area contributed by atoms with Gasteiger partial charge in [-0.1, -0.05) is 30.3 Å². The summed E-state index contributed by atoms with van der Waals surface area (Å²) in [6, 6.07) is 9.18. The van der Waals surface area contributed by atoms with E-state index in [9.17, 15) is 9.59 Å². The summed E-state index contributed by atoms with van der Waals surface area (Å²) in [5.74, 6) is 0.570. The number of oxazole rings is 1. The van der Waals surface area contributed by atoms with Crippen LogP contribution in [-0.4, -0.2) is 40.8 Å². The van der Waals surface area contributed by atoms with Crippen LogP contribution in [0.4, 0.5) is 0 Å². The van der Waals surface area contributed by atoms with E-state index in [0.717, 1.165) is 12.0 Å². The lowest BCUT2D eigenvalue weighted by Crippen LogP contribution is -2.48. The van der Waals surface area contributed by atoms with E-state index in [1.54, 1.807) is 18.7 Å². The SMILES string of the molecule is Cc1nc(C(=O)N2CCCNC(=O)C2Cc2ccccc2)c(C)o1. The topological polar surface area (TPSA) is 75.4 Å². The lowest BCUT2D eigenvalue weighted by atomic mass is 10.0. The number of aryl methyl sites for hydroxylation is 2. The molecule has 1 atom stereocenters. The summed E-state index contributed by atoms with van der Waals surface area (Å²) >= 11 is 0. The Hall–Kier alpha value is -2.63. The van der Waals surface area contributed by atoms with E-state index in [1.165, 1.54) is 0 Å². The van der Waals surface area contributed by atoms with Crippen LogP contribution in [0.15, 0.2) is 34.7 Å². The molecule has 0 radical (unpaired) electrons. The minimum Gasteiger partial charge on any atom is -0.445 e. The zero-order valence-electron chi connectivity index (χ0n) is 13.9. The number of aromatic nitrogens is 1. The fourth-order valence-corrected chi connectivity index (χ4v) is 3.02. The number of amides is 2. The van der Waals surface area contributed by atoms with Crippen LogP contribution in [-0.2, 0) is 11.2 Å². The molecule has 6 nitrogen and oxygen atoms in total. The highest BCUT2D eigenvalue weighted by molar-refractivity contribution is 5.97. The summed E-state index contributed by atoms with van der Waals surface area (Å²) in [6.45, 7) is 4.52. The molecule has 1 aromatic heterocycles. The predicted octanol–water partition coefficient (Wildman–Crippen LogP) is 1.86. The fourth-order valence-electron chi connectivity index (χ4n) is 3.02. The highest BCUT2D eigenvalue weighted by Gasteiger charge is 2.34. The Balaban J connectivity index is 1.90. The van der Waals surface area contributed by atoms with Crippen LogP contribution in [0.5, 0.6) is 0 Å². The van der Waals surface area contributed by atoms with Gasteiger partial charge in [-0.2, -0.15) is 0 Å². The van der Waals surface area contributed by atoms with Gasteiger partial charge < -0.3 is 14.6 Å². The second kappa shape index (κ2) is 6.86. The number of hydrogen-bond donors (Lipinski definition) is 1. The van der Waals surface area contributed by atoms with Crippen molar-refractivity contribution >= 4 is 11.8 Å². The molecular weight excluding hydrogens is 306 g/mol. The fraction of sp³-hybridized carbons (Fsp3) is 0.389. The summed E-state index contributed by atoms with van der Waals surface area (Å²) < 4.78 is 5.38. The van der Waals surface area contributed by atoms with Gasteiger partial charge in [0.1, 0.15) is 11.8 Å². The number of carbonyl (C=O) groups excluding carboxylic acids is 2. The molecule has 6 heteroatoms. The van der Waals surface area contributed by atoms with E-state index in [0.29, 0.717) is 36.9 Å². The van der Waals surface area contributed by atoms with Gasteiger partial charge in [-0.15, -0.1) is 0 Å². The highest BCUT2D eigenvalue weighted by Crippen LogP contribution is 2.18. The van der Waals surface area contributed by atoms with E-state index in [2.05, 4.69) is 10.3 Å². The van der Waals surface area contributed by atoms with Crippen LogP contribution in [0.3, 0.4) is 0 Å². The molecule has 1 N–H and O–H groups in total. The first-order valence-electron chi connectivity index (χ1n) is 8.13. The van der Waals surface area contributed by atoms with Crippen LogP contribution < -0.4 is 5.32 Å². The zero-order valence-corrected chi connectivity index (χ0v) is 13.9. The van der Waals surface area contributed by atoms with E-state index >= 15 is 0 Å². The maximum atomic E-state index is 13.0. The second-order valence-electron chi connectivity index (χ2n) is 5.99. The summed E-state index contributed by atoms with van der Waals surface area (Å²) in [7, 11) is 0. The minimum atomic E-state index is -0.543. The molecule has 2 heterocycles. The number of rotatable bonds is 3. The van der Waals surface area contributed by atoms with E-state index < -0.39 is 6.04 Å². The van der Waals surface area contributed by atoms with Crippen LogP contribution in [0.2, 0.25) is 0 Å². The highest BCUT2D eigenvalue weighted by atomic mass is 16.4. The summed E-state index contributed by atoms with van der Waals surface area (Å²) in [6.07, 6.45) is 1.20. The van der Waals surface area contributed by atoms with Crippen molar-refractivity contribution in [2.75, 3.05) is 13.1 Å².